The lowest BCUT2D eigenvalue weighted by Crippen LogP contribution is -2.29. The summed E-state index contributed by atoms with van der Waals surface area (Å²) in [6.07, 6.45) is 1.52. The van der Waals surface area contributed by atoms with E-state index in [1.807, 2.05) is 0 Å². The van der Waals surface area contributed by atoms with Crippen LogP contribution in [0.25, 0.3) is 5.76 Å². The third-order valence-electron chi connectivity index (χ3n) is 4.61. The number of ketones is 1. The number of amides is 1. The molecule has 2 heterocycles. The van der Waals surface area contributed by atoms with Crippen LogP contribution < -0.4 is 4.90 Å². The molecule has 1 fully saturated rings. The van der Waals surface area contributed by atoms with Gasteiger partial charge >= 0.3 is 5.91 Å². The van der Waals surface area contributed by atoms with Crippen molar-refractivity contribution in [3.05, 3.63) is 91.4 Å². The number of halogens is 1. The topological polar surface area (TPSA) is 114 Å². The molecule has 1 N–H and O–H groups in total. The number of anilines is 1. The Labute approximate surface area is 182 Å². The minimum absolute atomic E-state index is 0.105. The fraction of sp³-hybridized carbons (Fsp3) is 0.0500. The minimum atomic E-state index is -0.889. The molecule has 0 spiro atoms. The summed E-state index contributed by atoms with van der Waals surface area (Å²) in [6, 6.07) is 11.2. The van der Waals surface area contributed by atoms with Crippen LogP contribution >= 0.6 is 27.3 Å². The average Bonchev–Trinajstić information content (AvgIpc) is 3.35. The molecule has 10 heteroatoms. The zero-order chi connectivity index (χ0) is 21.4. The van der Waals surface area contributed by atoms with Crippen molar-refractivity contribution in [3.63, 3.8) is 0 Å². The Hall–Kier alpha value is -3.37. The Balaban J connectivity index is 1.90. The van der Waals surface area contributed by atoms with Gasteiger partial charge in [0.2, 0.25) is 0 Å². The number of non-ortho nitro benzene ring substituents is 1. The van der Waals surface area contributed by atoms with E-state index in [0.29, 0.717) is 10.7 Å². The standard InChI is InChI=1S/C20H12BrN3O5S/c21-13-5-1-11(2-6-13)16-15(17(25)12-3-7-14(8-4-12)24(28)29)18(26)19(27)23(16)20-22-9-10-30-20/h1-10,16,25H/b17-15+/t16-/m0/s1. The second-order valence-electron chi connectivity index (χ2n) is 6.34. The zero-order valence-corrected chi connectivity index (χ0v) is 17.5. The van der Waals surface area contributed by atoms with E-state index in [0.717, 1.165) is 4.47 Å². The van der Waals surface area contributed by atoms with Gasteiger partial charge in [-0.05, 0) is 29.8 Å². The van der Waals surface area contributed by atoms with Gasteiger partial charge < -0.3 is 5.11 Å². The van der Waals surface area contributed by atoms with Gasteiger partial charge in [0.25, 0.3) is 11.5 Å². The van der Waals surface area contributed by atoms with Crippen molar-refractivity contribution in [2.75, 3.05) is 4.90 Å². The van der Waals surface area contributed by atoms with Crippen LogP contribution in [0.3, 0.4) is 0 Å². The van der Waals surface area contributed by atoms with E-state index in [-0.39, 0.29) is 16.8 Å². The molecule has 1 atom stereocenters. The van der Waals surface area contributed by atoms with Crippen molar-refractivity contribution >= 4 is 55.5 Å². The molecule has 8 nitrogen and oxygen atoms in total. The van der Waals surface area contributed by atoms with E-state index in [4.69, 9.17) is 0 Å². The first kappa shape index (κ1) is 19.9. The lowest BCUT2D eigenvalue weighted by atomic mass is 9.95. The Kier molecular flexibility index (Phi) is 5.18. The van der Waals surface area contributed by atoms with Crippen LogP contribution in [0.4, 0.5) is 10.8 Å². The number of aliphatic hydroxyl groups is 1. The number of Topliss-reactive ketones (excluding diaryl/α,β-unsaturated/α-hetero) is 1. The first-order valence-corrected chi connectivity index (χ1v) is 10.3. The highest BCUT2D eigenvalue weighted by atomic mass is 79.9. The predicted molar refractivity (Wildman–Crippen MR) is 114 cm³/mol. The molecule has 30 heavy (non-hydrogen) atoms. The molecule has 0 bridgehead atoms. The Bertz CT molecular complexity index is 1170. The van der Waals surface area contributed by atoms with Gasteiger partial charge in [0.15, 0.2) is 5.13 Å². The Morgan fingerprint density at radius 2 is 1.80 bits per heavy atom. The van der Waals surface area contributed by atoms with Crippen molar-refractivity contribution in [1.82, 2.24) is 4.98 Å². The molecule has 0 aliphatic carbocycles. The van der Waals surface area contributed by atoms with Gasteiger partial charge in [0, 0.05) is 33.7 Å². The van der Waals surface area contributed by atoms with Gasteiger partial charge in [-0.15, -0.1) is 11.3 Å². The zero-order valence-electron chi connectivity index (χ0n) is 15.1. The van der Waals surface area contributed by atoms with Crippen LogP contribution in [-0.2, 0) is 9.59 Å². The lowest BCUT2D eigenvalue weighted by Gasteiger charge is -2.23. The highest BCUT2D eigenvalue weighted by Gasteiger charge is 2.47. The largest absolute Gasteiger partial charge is 0.507 e. The summed E-state index contributed by atoms with van der Waals surface area (Å²) in [7, 11) is 0. The van der Waals surface area contributed by atoms with Crippen LogP contribution in [0, 0.1) is 10.1 Å². The summed E-state index contributed by atoms with van der Waals surface area (Å²) < 4.78 is 0.813. The molecule has 3 aromatic rings. The fourth-order valence-corrected chi connectivity index (χ4v) is 4.15. The van der Waals surface area contributed by atoms with Crippen LogP contribution in [0.1, 0.15) is 17.2 Å². The van der Waals surface area contributed by atoms with Gasteiger partial charge in [-0.1, -0.05) is 28.1 Å². The number of nitro groups is 1. The molecular formula is C20H12BrN3O5S. The average molecular weight is 486 g/mol. The molecule has 1 aromatic heterocycles. The van der Waals surface area contributed by atoms with Crippen LogP contribution in [0.5, 0.6) is 0 Å². The number of aliphatic hydroxyl groups excluding tert-OH is 1. The van der Waals surface area contributed by atoms with Crippen molar-refractivity contribution in [2.45, 2.75) is 6.04 Å². The third-order valence-corrected chi connectivity index (χ3v) is 5.91. The maximum atomic E-state index is 12.9. The summed E-state index contributed by atoms with van der Waals surface area (Å²) in [5.74, 6) is -2.06. The Morgan fingerprint density at radius 1 is 1.13 bits per heavy atom. The maximum Gasteiger partial charge on any atom is 0.301 e. The summed E-state index contributed by atoms with van der Waals surface area (Å²) in [5.41, 5.74) is 0.543. The van der Waals surface area contributed by atoms with Crippen molar-refractivity contribution in [3.8, 4) is 0 Å². The summed E-state index contributed by atoms with van der Waals surface area (Å²) in [6.45, 7) is 0. The van der Waals surface area contributed by atoms with E-state index in [1.165, 1.54) is 46.7 Å². The predicted octanol–water partition coefficient (Wildman–Crippen LogP) is 4.44. The SMILES string of the molecule is O=C1C(=O)N(c2nccs2)[C@@H](c2ccc(Br)cc2)/C1=C(\O)c1ccc([N+](=O)[O-])cc1. The minimum Gasteiger partial charge on any atom is -0.507 e. The number of aromatic nitrogens is 1. The van der Waals surface area contributed by atoms with Gasteiger partial charge in [-0.3, -0.25) is 24.6 Å². The molecule has 4 rings (SSSR count). The summed E-state index contributed by atoms with van der Waals surface area (Å²) >= 11 is 4.55. The van der Waals surface area contributed by atoms with E-state index in [9.17, 15) is 24.8 Å². The quantitative estimate of drug-likeness (QED) is 0.192. The number of hydrogen-bond donors (Lipinski definition) is 1. The van der Waals surface area contributed by atoms with Crippen molar-refractivity contribution < 1.29 is 19.6 Å². The summed E-state index contributed by atoms with van der Waals surface area (Å²) in [5, 5.41) is 23.8. The molecule has 1 amide bonds. The van der Waals surface area contributed by atoms with E-state index >= 15 is 0 Å². The third kappa shape index (κ3) is 3.40. The monoisotopic (exact) mass is 485 g/mol. The van der Waals surface area contributed by atoms with Gasteiger partial charge in [-0.25, -0.2) is 4.98 Å². The normalized spacial score (nSPS) is 18.0. The molecule has 0 radical (unpaired) electrons. The smallest absolute Gasteiger partial charge is 0.301 e. The number of thiazole rings is 1. The van der Waals surface area contributed by atoms with Gasteiger partial charge in [-0.2, -0.15) is 0 Å². The first-order valence-electron chi connectivity index (χ1n) is 8.59. The number of rotatable bonds is 4. The number of nitro benzene ring substituents is 1. The number of carbonyl (C=O) groups excluding carboxylic acids is 2. The molecular weight excluding hydrogens is 474 g/mol. The van der Waals surface area contributed by atoms with E-state index in [1.54, 1.807) is 29.6 Å². The van der Waals surface area contributed by atoms with E-state index < -0.39 is 28.4 Å². The molecule has 2 aromatic carbocycles. The van der Waals surface area contributed by atoms with Crippen LogP contribution in [0.15, 0.2) is 70.2 Å². The van der Waals surface area contributed by atoms with Crippen LogP contribution in [-0.4, -0.2) is 26.7 Å². The Morgan fingerprint density at radius 3 is 2.37 bits per heavy atom. The van der Waals surface area contributed by atoms with Gasteiger partial charge in [0.1, 0.15) is 5.76 Å². The van der Waals surface area contributed by atoms with Crippen molar-refractivity contribution in [2.24, 2.45) is 0 Å². The van der Waals surface area contributed by atoms with Gasteiger partial charge in [0.05, 0.1) is 16.5 Å². The molecule has 0 unspecified atom stereocenters. The molecule has 1 saturated heterocycles. The lowest BCUT2D eigenvalue weighted by molar-refractivity contribution is -0.384. The number of carbonyl (C=O) groups is 2. The van der Waals surface area contributed by atoms with Crippen LogP contribution in [0.2, 0.25) is 0 Å². The second kappa shape index (κ2) is 7.81. The molecule has 1 aliphatic heterocycles. The molecule has 0 saturated carbocycles. The fourth-order valence-electron chi connectivity index (χ4n) is 3.22. The summed E-state index contributed by atoms with van der Waals surface area (Å²) in [4.78, 5) is 41.5. The second-order valence-corrected chi connectivity index (χ2v) is 8.13. The highest BCUT2D eigenvalue weighted by molar-refractivity contribution is 9.10. The maximum absolute atomic E-state index is 12.9. The molecule has 1 aliphatic rings. The number of benzene rings is 2. The highest BCUT2D eigenvalue weighted by Crippen LogP contribution is 2.42. The number of nitrogens with zero attached hydrogens (tertiary/aromatic N) is 3. The first-order chi connectivity index (χ1) is 14.4. The number of hydrogen-bond acceptors (Lipinski definition) is 7. The molecule has 150 valence electrons. The van der Waals surface area contributed by atoms with E-state index in [2.05, 4.69) is 20.9 Å². The van der Waals surface area contributed by atoms with Crippen molar-refractivity contribution in [1.29, 1.82) is 0 Å².